The van der Waals surface area contributed by atoms with E-state index in [4.69, 9.17) is 11.6 Å². The Morgan fingerprint density at radius 1 is 1.27 bits per heavy atom. The summed E-state index contributed by atoms with van der Waals surface area (Å²) >= 11 is 7.60. The summed E-state index contributed by atoms with van der Waals surface area (Å²) < 4.78 is 1.75. The molecule has 110 valence electrons. The number of carbonyl (C=O) groups excluding carboxylic acids is 1. The van der Waals surface area contributed by atoms with Crippen molar-refractivity contribution in [1.82, 2.24) is 9.78 Å². The van der Waals surface area contributed by atoms with Gasteiger partial charge in [0.05, 0.1) is 11.9 Å². The van der Waals surface area contributed by atoms with Crippen LogP contribution >= 0.6 is 22.9 Å². The van der Waals surface area contributed by atoms with E-state index in [-0.39, 0.29) is 11.8 Å². The highest BCUT2D eigenvalue weighted by atomic mass is 35.5. The van der Waals surface area contributed by atoms with E-state index in [0.29, 0.717) is 11.4 Å². The van der Waals surface area contributed by atoms with Gasteiger partial charge in [0.25, 0.3) is 0 Å². The Hall–Kier alpha value is -2.11. The molecule has 0 radical (unpaired) electrons. The van der Waals surface area contributed by atoms with Crippen molar-refractivity contribution >= 4 is 34.7 Å². The maximum Gasteiger partial charge on any atom is 0.226 e. The first-order chi connectivity index (χ1) is 10.7. The zero-order valence-electron chi connectivity index (χ0n) is 11.5. The second-order valence-corrected chi connectivity index (χ2v) is 6.57. The van der Waals surface area contributed by atoms with Crippen molar-refractivity contribution in [3.05, 3.63) is 63.4 Å². The third-order valence-electron chi connectivity index (χ3n) is 3.78. The molecular weight excluding hydrogens is 318 g/mol. The van der Waals surface area contributed by atoms with Gasteiger partial charge in [-0.15, -0.1) is 11.3 Å². The van der Waals surface area contributed by atoms with Crippen LogP contribution in [0, 0.1) is 0 Å². The van der Waals surface area contributed by atoms with Gasteiger partial charge < -0.3 is 5.32 Å². The smallest absolute Gasteiger partial charge is 0.226 e. The average molecular weight is 330 g/mol. The number of hydrogen-bond donors (Lipinski definition) is 1. The normalized spacial score (nSPS) is 17.1. The molecule has 2 aromatic heterocycles. The lowest BCUT2D eigenvalue weighted by Gasteiger charge is -2.22. The van der Waals surface area contributed by atoms with Crippen molar-refractivity contribution in [2.24, 2.45) is 0 Å². The molecule has 0 aliphatic carbocycles. The summed E-state index contributed by atoms with van der Waals surface area (Å²) in [5.74, 6) is 0.836. The molecule has 1 atom stereocenters. The molecule has 1 N–H and O–H groups in total. The van der Waals surface area contributed by atoms with Gasteiger partial charge in [0.15, 0.2) is 0 Å². The van der Waals surface area contributed by atoms with E-state index in [1.165, 1.54) is 4.88 Å². The highest BCUT2D eigenvalue weighted by molar-refractivity contribution is 7.10. The number of fused-ring (bicyclic) bond motifs is 1. The number of hydrogen-bond acceptors (Lipinski definition) is 3. The molecule has 4 rings (SSSR count). The second kappa shape index (κ2) is 5.26. The summed E-state index contributed by atoms with van der Waals surface area (Å²) in [5, 5.41) is 10.1. The van der Waals surface area contributed by atoms with E-state index < -0.39 is 0 Å². The van der Waals surface area contributed by atoms with Crippen LogP contribution in [0.3, 0.4) is 0 Å². The van der Waals surface area contributed by atoms with Crippen LogP contribution in [0.4, 0.5) is 5.82 Å². The predicted molar refractivity (Wildman–Crippen MR) is 88.0 cm³/mol. The first kappa shape index (κ1) is 13.5. The first-order valence-electron chi connectivity index (χ1n) is 6.89. The minimum atomic E-state index is 0.0154. The fourth-order valence-corrected chi connectivity index (χ4v) is 3.71. The molecule has 1 aliphatic rings. The molecule has 1 aromatic carbocycles. The maximum absolute atomic E-state index is 12.1. The Bertz CT molecular complexity index is 824. The zero-order chi connectivity index (χ0) is 15.1. The number of nitrogens with one attached hydrogen (secondary N) is 1. The standard InChI is InChI=1S/C16H12ClN3OS/c17-10-3-5-11(6-4-10)20-16-13(9-18-20)12(8-15(21)19-16)14-2-1-7-22-14/h1-7,9,12H,8H2,(H,19,21). The molecule has 6 heteroatoms. The molecule has 22 heavy (non-hydrogen) atoms. The van der Waals surface area contributed by atoms with E-state index in [1.807, 2.05) is 41.9 Å². The van der Waals surface area contributed by atoms with Crippen LogP contribution in [0.5, 0.6) is 0 Å². The third kappa shape index (κ3) is 2.23. The monoisotopic (exact) mass is 329 g/mol. The molecule has 4 nitrogen and oxygen atoms in total. The Morgan fingerprint density at radius 3 is 2.82 bits per heavy atom. The van der Waals surface area contributed by atoms with Gasteiger partial charge in [-0.1, -0.05) is 17.7 Å². The Kier molecular flexibility index (Phi) is 3.24. The van der Waals surface area contributed by atoms with Crippen LogP contribution in [0.25, 0.3) is 5.69 Å². The molecule has 0 spiro atoms. The van der Waals surface area contributed by atoms with Gasteiger partial charge in [-0.05, 0) is 35.7 Å². The Labute approximate surface area is 136 Å². The van der Waals surface area contributed by atoms with E-state index in [9.17, 15) is 4.79 Å². The van der Waals surface area contributed by atoms with Gasteiger partial charge in [0.2, 0.25) is 5.91 Å². The van der Waals surface area contributed by atoms with E-state index >= 15 is 0 Å². The lowest BCUT2D eigenvalue weighted by Crippen LogP contribution is -2.24. The number of rotatable bonds is 2. The number of nitrogens with zero attached hydrogens (tertiary/aromatic N) is 2. The number of halogens is 1. The van der Waals surface area contributed by atoms with E-state index in [0.717, 1.165) is 17.1 Å². The van der Waals surface area contributed by atoms with Crippen LogP contribution in [-0.4, -0.2) is 15.7 Å². The minimum absolute atomic E-state index is 0.0154. The molecule has 3 aromatic rings. The van der Waals surface area contributed by atoms with Crippen LogP contribution in [0.15, 0.2) is 48.0 Å². The molecule has 1 aliphatic heterocycles. The molecule has 1 unspecified atom stereocenters. The average Bonchev–Trinajstić information content (AvgIpc) is 3.16. The van der Waals surface area contributed by atoms with E-state index in [2.05, 4.69) is 16.5 Å². The van der Waals surface area contributed by atoms with Gasteiger partial charge in [-0.25, -0.2) is 4.68 Å². The lowest BCUT2D eigenvalue weighted by atomic mass is 9.93. The number of anilines is 1. The summed E-state index contributed by atoms with van der Waals surface area (Å²) in [6, 6.07) is 11.5. The third-order valence-corrected chi connectivity index (χ3v) is 5.02. The predicted octanol–water partition coefficient (Wildman–Crippen LogP) is 4.06. The van der Waals surface area contributed by atoms with Crippen LogP contribution in [0.2, 0.25) is 5.02 Å². The van der Waals surface area contributed by atoms with Crippen LogP contribution in [0.1, 0.15) is 22.8 Å². The summed E-state index contributed by atoms with van der Waals surface area (Å²) in [4.78, 5) is 13.3. The minimum Gasteiger partial charge on any atom is -0.310 e. The molecule has 1 amide bonds. The summed E-state index contributed by atoms with van der Waals surface area (Å²) in [5.41, 5.74) is 1.93. The summed E-state index contributed by atoms with van der Waals surface area (Å²) in [6.45, 7) is 0. The molecule has 0 saturated carbocycles. The fraction of sp³-hybridized carbons (Fsp3) is 0.125. The largest absolute Gasteiger partial charge is 0.310 e. The number of aromatic nitrogens is 2. The van der Waals surface area contributed by atoms with Crippen molar-refractivity contribution in [3.8, 4) is 5.69 Å². The van der Waals surface area contributed by atoms with Gasteiger partial charge in [0, 0.05) is 27.8 Å². The van der Waals surface area contributed by atoms with Crippen molar-refractivity contribution in [2.45, 2.75) is 12.3 Å². The number of thiophene rings is 1. The van der Waals surface area contributed by atoms with Gasteiger partial charge in [-0.3, -0.25) is 4.79 Å². The first-order valence-corrected chi connectivity index (χ1v) is 8.15. The van der Waals surface area contributed by atoms with Crippen LogP contribution < -0.4 is 5.32 Å². The Morgan fingerprint density at radius 2 is 2.09 bits per heavy atom. The quantitative estimate of drug-likeness (QED) is 0.770. The summed E-state index contributed by atoms with van der Waals surface area (Å²) in [7, 11) is 0. The van der Waals surface area contributed by atoms with Gasteiger partial charge in [-0.2, -0.15) is 5.10 Å². The lowest BCUT2D eigenvalue weighted by molar-refractivity contribution is -0.116. The highest BCUT2D eigenvalue weighted by Gasteiger charge is 2.30. The highest BCUT2D eigenvalue weighted by Crippen LogP contribution is 2.39. The van der Waals surface area contributed by atoms with E-state index in [1.54, 1.807) is 16.0 Å². The molecule has 0 fully saturated rings. The van der Waals surface area contributed by atoms with Gasteiger partial charge in [0.1, 0.15) is 5.82 Å². The number of benzene rings is 1. The number of amides is 1. The Balaban J connectivity index is 1.82. The van der Waals surface area contributed by atoms with Crippen LogP contribution in [-0.2, 0) is 4.79 Å². The molecule has 3 heterocycles. The van der Waals surface area contributed by atoms with Crippen molar-refractivity contribution in [1.29, 1.82) is 0 Å². The SMILES string of the molecule is O=C1CC(c2cccs2)c2cnn(-c3ccc(Cl)cc3)c2N1. The van der Waals surface area contributed by atoms with Gasteiger partial charge >= 0.3 is 0 Å². The fourth-order valence-electron chi connectivity index (χ4n) is 2.74. The van der Waals surface area contributed by atoms with Crippen molar-refractivity contribution in [3.63, 3.8) is 0 Å². The summed E-state index contributed by atoms with van der Waals surface area (Å²) in [6.07, 6.45) is 2.30. The molecule has 0 saturated heterocycles. The maximum atomic E-state index is 12.1. The van der Waals surface area contributed by atoms with Crippen molar-refractivity contribution < 1.29 is 4.79 Å². The molecular formula is C16H12ClN3OS. The second-order valence-electron chi connectivity index (χ2n) is 5.16. The number of carbonyl (C=O) groups is 1. The zero-order valence-corrected chi connectivity index (χ0v) is 13.1. The van der Waals surface area contributed by atoms with Crippen molar-refractivity contribution in [2.75, 3.05) is 5.32 Å². The molecule has 0 bridgehead atoms. The topological polar surface area (TPSA) is 46.9 Å².